The number of nitrogens with one attached hydrogen (secondary N) is 1. The van der Waals surface area contributed by atoms with Crippen molar-refractivity contribution in [2.75, 3.05) is 0 Å². The summed E-state index contributed by atoms with van der Waals surface area (Å²) in [6.45, 7) is 0.327. The standard InChI is InChI=1S/C17H16N2O4/c20-16(18-22)8-7-12-5-3-9-19(17(12)21)11-14-10-13-4-1-2-6-15(13)23-14/h2-3,5-10,22H,1,4,11H2,(H,18,20)/b8-7+. The van der Waals surface area contributed by atoms with Crippen LogP contribution in [0.2, 0.25) is 0 Å². The zero-order valence-electron chi connectivity index (χ0n) is 12.4. The number of amides is 1. The molecule has 0 spiro atoms. The molecule has 2 N–H and O–H groups in total. The van der Waals surface area contributed by atoms with E-state index in [0.29, 0.717) is 12.1 Å². The molecule has 2 aromatic rings. The first-order chi connectivity index (χ1) is 11.2. The van der Waals surface area contributed by atoms with E-state index in [4.69, 9.17) is 9.62 Å². The first kappa shape index (κ1) is 15.1. The number of hydrogen-bond donors (Lipinski definition) is 2. The molecule has 0 unspecified atom stereocenters. The van der Waals surface area contributed by atoms with Crippen LogP contribution in [0.1, 0.15) is 29.1 Å². The third-order valence-corrected chi connectivity index (χ3v) is 3.64. The molecule has 1 aliphatic carbocycles. The van der Waals surface area contributed by atoms with Crippen molar-refractivity contribution in [2.24, 2.45) is 0 Å². The molecule has 2 heterocycles. The van der Waals surface area contributed by atoms with Crippen LogP contribution in [0.5, 0.6) is 0 Å². The van der Waals surface area contributed by atoms with Crippen LogP contribution in [-0.2, 0) is 17.8 Å². The Labute approximate surface area is 132 Å². The van der Waals surface area contributed by atoms with Crippen LogP contribution in [-0.4, -0.2) is 15.7 Å². The number of hydrogen-bond acceptors (Lipinski definition) is 4. The van der Waals surface area contributed by atoms with Gasteiger partial charge in [0.2, 0.25) is 0 Å². The van der Waals surface area contributed by atoms with Crippen molar-refractivity contribution < 1.29 is 14.4 Å². The molecular formula is C17H16N2O4. The molecular weight excluding hydrogens is 296 g/mol. The maximum Gasteiger partial charge on any atom is 0.267 e. The SMILES string of the molecule is O=C(/C=C/c1cccn(Cc2cc3c(o2)C=CCC3)c1=O)NO. The predicted octanol–water partition coefficient (Wildman–Crippen LogP) is 1.97. The van der Waals surface area contributed by atoms with Crippen molar-refractivity contribution in [3.63, 3.8) is 0 Å². The zero-order valence-corrected chi connectivity index (χ0v) is 12.4. The average Bonchev–Trinajstić information content (AvgIpc) is 2.97. The summed E-state index contributed by atoms with van der Waals surface area (Å²) < 4.78 is 7.28. The Hall–Kier alpha value is -2.86. The molecule has 23 heavy (non-hydrogen) atoms. The Morgan fingerprint density at radius 3 is 3.13 bits per heavy atom. The lowest BCUT2D eigenvalue weighted by Crippen LogP contribution is -2.22. The van der Waals surface area contributed by atoms with E-state index in [-0.39, 0.29) is 5.56 Å². The maximum absolute atomic E-state index is 12.4. The number of hydroxylamine groups is 1. The number of furan rings is 1. The van der Waals surface area contributed by atoms with E-state index in [1.165, 1.54) is 16.1 Å². The minimum atomic E-state index is -0.690. The molecule has 1 aliphatic rings. The van der Waals surface area contributed by atoms with E-state index in [1.54, 1.807) is 18.3 Å². The first-order valence-electron chi connectivity index (χ1n) is 7.27. The number of allylic oxidation sites excluding steroid dienone is 1. The molecule has 0 aliphatic heterocycles. The molecule has 118 valence electrons. The fourth-order valence-corrected chi connectivity index (χ4v) is 2.52. The maximum atomic E-state index is 12.4. The van der Waals surface area contributed by atoms with E-state index in [2.05, 4.69) is 6.08 Å². The van der Waals surface area contributed by atoms with Crippen molar-refractivity contribution in [1.82, 2.24) is 10.0 Å². The summed E-state index contributed by atoms with van der Waals surface area (Å²) in [6, 6.07) is 5.31. The van der Waals surface area contributed by atoms with Gasteiger partial charge in [-0.1, -0.05) is 6.08 Å². The van der Waals surface area contributed by atoms with Crippen LogP contribution in [0.15, 0.2) is 45.8 Å². The highest BCUT2D eigenvalue weighted by Crippen LogP contribution is 2.23. The van der Waals surface area contributed by atoms with E-state index >= 15 is 0 Å². The van der Waals surface area contributed by atoms with Crippen molar-refractivity contribution >= 4 is 18.1 Å². The van der Waals surface area contributed by atoms with Gasteiger partial charge in [0.15, 0.2) is 0 Å². The van der Waals surface area contributed by atoms with Crippen LogP contribution in [0, 0.1) is 0 Å². The smallest absolute Gasteiger partial charge is 0.267 e. The third-order valence-electron chi connectivity index (χ3n) is 3.64. The van der Waals surface area contributed by atoms with Gasteiger partial charge >= 0.3 is 0 Å². The molecule has 0 fully saturated rings. The predicted molar refractivity (Wildman–Crippen MR) is 84.8 cm³/mol. The number of pyridine rings is 1. The molecule has 6 nitrogen and oxygen atoms in total. The number of fused-ring (bicyclic) bond motifs is 1. The van der Waals surface area contributed by atoms with Crippen LogP contribution in [0.25, 0.3) is 12.2 Å². The lowest BCUT2D eigenvalue weighted by Gasteiger charge is -2.04. The number of rotatable bonds is 4. The second kappa shape index (κ2) is 6.50. The van der Waals surface area contributed by atoms with Gasteiger partial charge in [-0.25, -0.2) is 5.48 Å². The van der Waals surface area contributed by atoms with Crippen LogP contribution in [0.3, 0.4) is 0 Å². The Morgan fingerprint density at radius 1 is 1.48 bits per heavy atom. The number of nitrogens with zero attached hydrogens (tertiary/aromatic N) is 1. The number of aromatic nitrogens is 1. The highest BCUT2D eigenvalue weighted by molar-refractivity contribution is 5.90. The molecule has 6 heteroatoms. The van der Waals surface area contributed by atoms with Crippen LogP contribution < -0.4 is 11.0 Å². The van der Waals surface area contributed by atoms with Gasteiger partial charge in [-0.05, 0) is 48.8 Å². The molecule has 2 aromatic heterocycles. The van der Waals surface area contributed by atoms with Crippen molar-refractivity contribution in [3.8, 4) is 0 Å². The van der Waals surface area contributed by atoms with Crippen molar-refractivity contribution in [1.29, 1.82) is 0 Å². The van der Waals surface area contributed by atoms with E-state index in [0.717, 1.165) is 36.0 Å². The van der Waals surface area contributed by atoms with Gasteiger partial charge in [-0.2, -0.15) is 0 Å². The minimum absolute atomic E-state index is 0.237. The summed E-state index contributed by atoms with van der Waals surface area (Å²) in [5.41, 5.74) is 2.76. The van der Waals surface area contributed by atoms with E-state index in [1.807, 2.05) is 12.1 Å². The largest absolute Gasteiger partial charge is 0.460 e. The molecule has 0 aromatic carbocycles. The summed E-state index contributed by atoms with van der Waals surface area (Å²) in [5, 5.41) is 8.46. The number of carbonyl (C=O) groups is 1. The molecule has 3 rings (SSSR count). The fraction of sp³-hybridized carbons (Fsp3) is 0.176. The van der Waals surface area contributed by atoms with Gasteiger partial charge < -0.3 is 8.98 Å². The Balaban J connectivity index is 1.85. The summed E-state index contributed by atoms with van der Waals surface area (Å²) >= 11 is 0. The highest BCUT2D eigenvalue weighted by atomic mass is 16.5. The summed E-state index contributed by atoms with van der Waals surface area (Å²) in [4.78, 5) is 23.4. The molecule has 0 saturated carbocycles. The normalized spacial score (nSPS) is 13.3. The fourth-order valence-electron chi connectivity index (χ4n) is 2.52. The number of aryl methyl sites for hydroxylation is 1. The van der Waals surface area contributed by atoms with Crippen LogP contribution >= 0.6 is 0 Å². The highest BCUT2D eigenvalue weighted by Gasteiger charge is 2.12. The first-order valence-corrected chi connectivity index (χ1v) is 7.27. The lowest BCUT2D eigenvalue weighted by atomic mass is 10.1. The quantitative estimate of drug-likeness (QED) is 0.513. The van der Waals surface area contributed by atoms with Gasteiger partial charge in [0.05, 0.1) is 6.54 Å². The van der Waals surface area contributed by atoms with Crippen molar-refractivity contribution in [3.05, 3.63) is 69.5 Å². The summed E-state index contributed by atoms with van der Waals surface area (Å²) in [6.07, 6.45) is 10.1. The van der Waals surface area contributed by atoms with Gasteiger partial charge in [0.1, 0.15) is 11.5 Å². The summed E-state index contributed by atoms with van der Waals surface area (Å²) in [5.74, 6) is 0.887. The molecule has 0 saturated heterocycles. The Morgan fingerprint density at radius 2 is 2.35 bits per heavy atom. The van der Waals surface area contributed by atoms with Crippen LogP contribution in [0.4, 0.5) is 0 Å². The van der Waals surface area contributed by atoms with Gasteiger partial charge in [0.25, 0.3) is 11.5 Å². The average molecular weight is 312 g/mol. The summed E-state index contributed by atoms with van der Waals surface area (Å²) in [7, 11) is 0. The zero-order chi connectivity index (χ0) is 16.2. The second-order valence-corrected chi connectivity index (χ2v) is 5.25. The van der Waals surface area contributed by atoms with E-state index in [9.17, 15) is 9.59 Å². The van der Waals surface area contributed by atoms with Gasteiger partial charge in [-0.3, -0.25) is 14.8 Å². The molecule has 0 atom stereocenters. The second-order valence-electron chi connectivity index (χ2n) is 5.25. The third kappa shape index (κ3) is 3.32. The topological polar surface area (TPSA) is 84.5 Å². The van der Waals surface area contributed by atoms with E-state index < -0.39 is 5.91 Å². The monoisotopic (exact) mass is 312 g/mol. The van der Waals surface area contributed by atoms with Gasteiger partial charge in [-0.15, -0.1) is 0 Å². The molecule has 1 amide bonds. The lowest BCUT2D eigenvalue weighted by molar-refractivity contribution is -0.124. The minimum Gasteiger partial charge on any atom is -0.460 e. The van der Waals surface area contributed by atoms with Gasteiger partial charge in [0, 0.05) is 17.8 Å². The Bertz CT molecular complexity index is 843. The molecule has 0 bridgehead atoms. The molecule has 0 radical (unpaired) electrons. The number of carbonyl (C=O) groups excluding carboxylic acids is 1. The Kier molecular flexibility index (Phi) is 4.25. The van der Waals surface area contributed by atoms with Crippen molar-refractivity contribution in [2.45, 2.75) is 19.4 Å².